The van der Waals surface area contributed by atoms with Crippen LogP contribution < -0.4 is 0 Å². The van der Waals surface area contributed by atoms with Gasteiger partial charge in [-0.05, 0) is 85.9 Å². The van der Waals surface area contributed by atoms with E-state index in [9.17, 15) is 0 Å². The second kappa shape index (κ2) is 9.26. The molecule has 0 aromatic carbocycles. The van der Waals surface area contributed by atoms with Crippen LogP contribution in [0.1, 0.15) is 91.9 Å². The van der Waals surface area contributed by atoms with Crippen LogP contribution in [0.25, 0.3) is 0 Å². The number of ether oxygens (including phenoxy) is 3. The maximum absolute atomic E-state index is 6.41. The van der Waals surface area contributed by atoms with Crippen molar-refractivity contribution in [3.8, 4) is 0 Å². The average Bonchev–Trinajstić information content (AvgIpc) is 3.13. The predicted octanol–water partition coefficient (Wildman–Crippen LogP) is 6.74. The van der Waals surface area contributed by atoms with E-state index in [4.69, 9.17) is 14.2 Å². The van der Waals surface area contributed by atoms with Crippen LogP contribution in [-0.2, 0) is 14.2 Å². The first-order valence-corrected chi connectivity index (χ1v) is 13.4. The predicted molar refractivity (Wildman–Crippen MR) is 127 cm³/mol. The van der Waals surface area contributed by atoms with Gasteiger partial charge < -0.3 is 14.2 Å². The summed E-state index contributed by atoms with van der Waals surface area (Å²) >= 11 is 0. The molecule has 4 aliphatic carbocycles. The van der Waals surface area contributed by atoms with Crippen LogP contribution in [0.15, 0.2) is 0 Å². The number of hydrogen-bond acceptors (Lipinski definition) is 3. The molecule has 3 unspecified atom stereocenters. The molecule has 0 amide bonds. The van der Waals surface area contributed by atoms with Crippen LogP contribution >= 0.6 is 0 Å². The maximum atomic E-state index is 6.41. The molecule has 4 saturated carbocycles. The van der Waals surface area contributed by atoms with Gasteiger partial charge in [-0.1, -0.05) is 47.0 Å². The summed E-state index contributed by atoms with van der Waals surface area (Å²) in [6.45, 7) is 10.1. The second-order valence-electron chi connectivity index (χ2n) is 12.3. The molecular formula is C28H50O3. The molecule has 0 N–H and O–H groups in total. The Balaban J connectivity index is 1.66. The summed E-state index contributed by atoms with van der Waals surface area (Å²) in [5, 5.41) is 0. The first kappa shape index (κ1) is 24.0. The van der Waals surface area contributed by atoms with Crippen LogP contribution in [0.4, 0.5) is 0 Å². The van der Waals surface area contributed by atoms with Gasteiger partial charge in [0, 0.05) is 26.7 Å². The lowest BCUT2D eigenvalue weighted by Crippen LogP contribution is -2.63. The highest BCUT2D eigenvalue weighted by Crippen LogP contribution is 2.69. The van der Waals surface area contributed by atoms with Crippen molar-refractivity contribution < 1.29 is 14.2 Å². The molecule has 3 nitrogen and oxygen atoms in total. The van der Waals surface area contributed by atoms with Gasteiger partial charge in [0.15, 0.2) is 0 Å². The fraction of sp³-hybridized carbons (Fsp3) is 1.00. The number of rotatable bonds is 7. The minimum Gasteiger partial charge on any atom is -0.381 e. The molecule has 31 heavy (non-hydrogen) atoms. The Labute approximate surface area is 192 Å². The van der Waals surface area contributed by atoms with Crippen LogP contribution in [0, 0.1) is 46.3 Å². The highest BCUT2D eigenvalue weighted by molar-refractivity contribution is 5.15. The summed E-state index contributed by atoms with van der Waals surface area (Å²) in [4.78, 5) is 0. The molecular weight excluding hydrogens is 384 g/mol. The van der Waals surface area contributed by atoms with Crippen LogP contribution in [0.3, 0.4) is 0 Å². The third kappa shape index (κ3) is 3.73. The van der Waals surface area contributed by atoms with E-state index in [2.05, 4.69) is 27.7 Å². The summed E-state index contributed by atoms with van der Waals surface area (Å²) in [7, 11) is 5.88. The van der Waals surface area contributed by atoms with E-state index in [0.29, 0.717) is 35.1 Å². The van der Waals surface area contributed by atoms with Crippen molar-refractivity contribution in [1.82, 2.24) is 0 Å². The molecule has 0 spiro atoms. The number of unbranched alkanes of at least 4 members (excludes halogenated alkanes) is 1. The largest absolute Gasteiger partial charge is 0.381 e. The van der Waals surface area contributed by atoms with E-state index in [1.807, 2.05) is 21.3 Å². The van der Waals surface area contributed by atoms with Gasteiger partial charge in [-0.3, -0.25) is 0 Å². The number of hydrogen-bond donors (Lipinski definition) is 0. The van der Waals surface area contributed by atoms with Crippen molar-refractivity contribution in [3.63, 3.8) is 0 Å². The van der Waals surface area contributed by atoms with Crippen molar-refractivity contribution in [2.45, 2.75) is 110 Å². The number of methoxy groups -OCH3 is 3. The minimum atomic E-state index is 0.298. The molecule has 0 heterocycles. The fourth-order valence-electron chi connectivity index (χ4n) is 9.60. The summed E-state index contributed by atoms with van der Waals surface area (Å²) in [5.74, 6) is 4.48. The van der Waals surface area contributed by atoms with Crippen molar-refractivity contribution in [1.29, 1.82) is 0 Å². The molecule has 0 radical (unpaired) electrons. The quantitative estimate of drug-likeness (QED) is 0.444. The maximum Gasteiger partial charge on any atom is 0.0633 e. The zero-order chi connectivity index (χ0) is 22.4. The lowest BCUT2D eigenvalue weighted by Gasteiger charge is -2.64. The Kier molecular flexibility index (Phi) is 7.17. The van der Waals surface area contributed by atoms with E-state index in [-0.39, 0.29) is 0 Å². The Morgan fingerprint density at radius 1 is 0.903 bits per heavy atom. The summed E-state index contributed by atoms with van der Waals surface area (Å²) < 4.78 is 18.6. The third-order valence-corrected chi connectivity index (χ3v) is 11.4. The minimum absolute atomic E-state index is 0.298. The van der Waals surface area contributed by atoms with Gasteiger partial charge in [0.05, 0.1) is 18.3 Å². The lowest BCUT2D eigenvalue weighted by molar-refractivity contribution is -0.218. The monoisotopic (exact) mass is 434 g/mol. The normalized spacial score (nSPS) is 50.4. The second-order valence-corrected chi connectivity index (χ2v) is 12.3. The molecule has 11 atom stereocenters. The van der Waals surface area contributed by atoms with Crippen LogP contribution in [0.5, 0.6) is 0 Å². The highest BCUT2D eigenvalue weighted by Gasteiger charge is 2.66. The Hall–Kier alpha value is -0.120. The van der Waals surface area contributed by atoms with E-state index in [1.54, 1.807) is 0 Å². The van der Waals surface area contributed by atoms with Crippen LogP contribution in [-0.4, -0.2) is 39.6 Å². The fourth-order valence-corrected chi connectivity index (χ4v) is 9.60. The van der Waals surface area contributed by atoms with Gasteiger partial charge >= 0.3 is 0 Å². The van der Waals surface area contributed by atoms with Crippen molar-refractivity contribution >= 4 is 0 Å². The van der Waals surface area contributed by atoms with Crippen molar-refractivity contribution in [2.24, 2.45) is 46.3 Å². The Morgan fingerprint density at radius 2 is 1.68 bits per heavy atom. The van der Waals surface area contributed by atoms with Crippen LogP contribution in [0.2, 0.25) is 0 Å². The van der Waals surface area contributed by atoms with Gasteiger partial charge in [0.2, 0.25) is 0 Å². The van der Waals surface area contributed by atoms with E-state index in [0.717, 1.165) is 29.6 Å². The average molecular weight is 435 g/mol. The van der Waals surface area contributed by atoms with Crippen molar-refractivity contribution in [3.05, 3.63) is 0 Å². The Bertz CT molecular complexity index is 607. The molecule has 0 saturated heterocycles. The molecule has 0 aromatic rings. The highest BCUT2D eigenvalue weighted by atomic mass is 16.5. The van der Waals surface area contributed by atoms with Gasteiger partial charge in [-0.25, -0.2) is 0 Å². The zero-order valence-electron chi connectivity index (χ0n) is 21.5. The molecule has 0 bridgehead atoms. The van der Waals surface area contributed by atoms with Gasteiger partial charge in [-0.15, -0.1) is 0 Å². The van der Waals surface area contributed by atoms with E-state index >= 15 is 0 Å². The van der Waals surface area contributed by atoms with E-state index < -0.39 is 0 Å². The SMILES string of the molecule is CCCC[C@@H](C)[C@H]1CC[C@H]2C3C(OC)CC4C[C@H](OC)CC[C@]4(C)[C@H]3C[C@H](OC)[C@]12C. The Morgan fingerprint density at radius 3 is 2.32 bits per heavy atom. The first-order valence-electron chi connectivity index (χ1n) is 13.4. The zero-order valence-corrected chi connectivity index (χ0v) is 21.5. The summed E-state index contributed by atoms with van der Waals surface area (Å²) in [6, 6.07) is 0. The molecule has 4 fully saturated rings. The molecule has 0 aromatic heterocycles. The summed E-state index contributed by atoms with van der Waals surface area (Å²) in [5.41, 5.74) is 0.714. The molecule has 4 rings (SSSR count). The topological polar surface area (TPSA) is 27.7 Å². The first-order chi connectivity index (χ1) is 14.8. The summed E-state index contributed by atoms with van der Waals surface area (Å²) in [6.07, 6.45) is 14.3. The molecule has 4 aliphatic rings. The molecule has 180 valence electrons. The van der Waals surface area contributed by atoms with Gasteiger partial charge in [0.1, 0.15) is 0 Å². The third-order valence-electron chi connectivity index (χ3n) is 11.4. The lowest BCUT2D eigenvalue weighted by atomic mass is 9.43. The number of fused-ring (bicyclic) bond motifs is 5. The standard InChI is InChI=1S/C28H50O3/c1-8-9-10-18(2)21-11-12-22-26-23(17-25(31-7)28(21,22)4)27(3)14-13-20(29-5)15-19(27)16-24(26)30-6/h18-26H,8-17H2,1-7H3/t18-,19?,20-,21-,22+,23+,24?,25+,26?,27+,28-/m1/s1. The smallest absolute Gasteiger partial charge is 0.0633 e. The van der Waals surface area contributed by atoms with E-state index in [1.165, 1.54) is 64.2 Å². The van der Waals surface area contributed by atoms with Gasteiger partial charge in [-0.2, -0.15) is 0 Å². The molecule has 0 aliphatic heterocycles. The van der Waals surface area contributed by atoms with Gasteiger partial charge in [0.25, 0.3) is 0 Å². The molecule has 3 heteroatoms. The van der Waals surface area contributed by atoms with Crippen molar-refractivity contribution in [2.75, 3.05) is 21.3 Å².